The Morgan fingerprint density at radius 2 is 1.74 bits per heavy atom. The highest BCUT2D eigenvalue weighted by Crippen LogP contribution is 2.31. The van der Waals surface area contributed by atoms with E-state index >= 15 is 0 Å². The number of ether oxygens (including phenoxy) is 2. The first kappa shape index (κ1) is 18.4. The molecule has 0 aliphatic rings. The number of anilines is 1. The summed E-state index contributed by atoms with van der Waals surface area (Å²) in [4.78, 5) is 16.0. The summed E-state index contributed by atoms with van der Waals surface area (Å²) < 4.78 is 24.5. The van der Waals surface area contributed by atoms with Crippen LogP contribution in [0.1, 0.15) is 23.0 Å². The largest absolute Gasteiger partial charge is 0.490 e. The van der Waals surface area contributed by atoms with E-state index in [0.29, 0.717) is 40.8 Å². The molecule has 0 spiro atoms. The third-order valence-corrected chi connectivity index (χ3v) is 3.79. The zero-order valence-corrected chi connectivity index (χ0v) is 15.0. The van der Waals surface area contributed by atoms with Crippen molar-refractivity contribution in [3.63, 3.8) is 0 Å². The van der Waals surface area contributed by atoms with Crippen molar-refractivity contribution >= 4 is 11.6 Å². The maximum Gasteiger partial charge on any atom is 0.257 e. The number of nitrogens with one attached hydrogen (secondary N) is 1. The maximum absolute atomic E-state index is 13.1. The van der Waals surface area contributed by atoms with Crippen molar-refractivity contribution in [2.45, 2.75) is 13.8 Å². The Bertz CT molecular complexity index is 942. The van der Waals surface area contributed by atoms with Gasteiger partial charge in [-0.3, -0.25) is 4.79 Å². The lowest BCUT2D eigenvalue weighted by Gasteiger charge is -2.12. The molecule has 0 fully saturated rings. The van der Waals surface area contributed by atoms with E-state index in [1.165, 1.54) is 6.07 Å². The highest BCUT2D eigenvalue weighted by molar-refractivity contribution is 6.04. The fraction of sp³-hybridized carbons (Fsp3) is 0.143. The van der Waals surface area contributed by atoms with Crippen molar-refractivity contribution in [2.75, 3.05) is 11.9 Å². The quantitative estimate of drug-likeness (QED) is 0.626. The van der Waals surface area contributed by atoms with Crippen molar-refractivity contribution < 1.29 is 18.7 Å². The Hall–Kier alpha value is -3.41. The molecule has 0 aliphatic carbocycles. The summed E-state index contributed by atoms with van der Waals surface area (Å²) in [5.74, 6) is 0.925. The van der Waals surface area contributed by atoms with Crippen LogP contribution >= 0.6 is 0 Å². The summed E-state index contributed by atoms with van der Waals surface area (Å²) in [5.41, 5.74) is 1.25. The second-order valence-electron chi connectivity index (χ2n) is 5.73. The van der Waals surface area contributed by atoms with Crippen molar-refractivity contribution in [1.82, 2.24) is 4.98 Å². The lowest BCUT2D eigenvalue weighted by atomic mass is 10.2. The van der Waals surface area contributed by atoms with E-state index in [0.717, 1.165) is 6.07 Å². The van der Waals surface area contributed by atoms with Crippen LogP contribution in [0.15, 0.2) is 60.7 Å². The Kier molecular flexibility index (Phi) is 5.66. The number of carbonyl (C=O) groups excluding carboxylic acids is 1. The Morgan fingerprint density at radius 1 is 1.04 bits per heavy atom. The molecule has 0 saturated heterocycles. The second kappa shape index (κ2) is 8.31. The van der Waals surface area contributed by atoms with Crippen molar-refractivity contribution in [1.29, 1.82) is 0 Å². The first-order chi connectivity index (χ1) is 13.1. The Balaban J connectivity index is 1.69. The molecule has 1 aromatic heterocycles. The first-order valence-electron chi connectivity index (χ1n) is 8.51. The van der Waals surface area contributed by atoms with Gasteiger partial charge in [0.25, 0.3) is 5.91 Å². The van der Waals surface area contributed by atoms with Crippen LogP contribution in [0.2, 0.25) is 0 Å². The van der Waals surface area contributed by atoms with Crippen LogP contribution in [0.4, 0.5) is 10.1 Å². The van der Waals surface area contributed by atoms with Gasteiger partial charge in [0, 0.05) is 5.69 Å². The molecular formula is C21H19FN2O3. The smallest absolute Gasteiger partial charge is 0.257 e. The van der Waals surface area contributed by atoms with Crippen LogP contribution < -0.4 is 14.8 Å². The van der Waals surface area contributed by atoms with Crippen LogP contribution in [0.3, 0.4) is 0 Å². The summed E-state index contributed by atoms with van der Waals surface area (Å²) >= 11 is 0. The SMILES string of the molecule is CCOc1ccccc1Oc1ccc(NC(=O)c2ccc(F)nc2C)cc1. The number of amides is 1. The summed E-state index contributed by atoms with van der Waals surface area (Å²) in [6.45, 7) is 4.04. The Labute approximate surface area is 156 Å². The molecule has 5 nitrogen and oxygen atoms in total. The molecule has 138 valence electrons. The third-order valence-electron chi connectivity index (χ3n) is 3.79. The number of para-hydroxylation sites is 2. The molecular weight excluding hydrogens is 347 g/mol. The summed E-state index contributed by atoms with van der Waals surface area (Å²) in [6.07, 6.45) is 0. The normalized spacial score (nSPS) is 10.3. The molecule has 3 rings (SSSR count). The molecule has 27 heavy (non-hydrogen) atoms. The van der Waals surface area contributed by atoms with Gasteiger partial charge in [0.1, 0.15) is 5.75 Å². The molecule has 6 heteroatoms. The maximum atomic E-state index is 13.1. The van der Waals surface area contributed by atoms with Gasteiger partial charge < -0.3 is 14.8 Å². The van der Waals surface area contributed by atoms with Crippen LogP contribution in [-0.4, -0.2) is 17.5 Å². The van der Waals surface area contributed by atoms with Gasteiger partial charge >= 0.3 is 0 Å². The van der Waals surface area contributed by atoms with Crippen molar-refractivity contribution in [3.8, 4) is 17.2 Å². The average Bonchev–Trinajstić information content (AvgIpc) is 2.65. The van der Waals surface area contributed by atoms with E-state index in [4.69, 9.17) is 9.47 Å². The minimum absolute atomic E-state index is 0.322. The monoisotopic (exact) mass is 366 g/mol. The fourth-order valence-electron chi connectivity index (χ4n) is 2.51. The van der Waals surface area contributed by atoms with Gasteiger partial charge in [0.2, 0.25) is 5.95 Å². The highest BCUT2D eigenvalue weighted by Gasteiger charge is 2.11. The van der Waals surface area contributed by atoms with Gasteiger partial charge in [0.05, 0.1) is 17.9 Å². The molecule has 0 unspecified atom stereocenters. The Morgan fingerprint density at radius 3 is 2.41 bits per heavy atom. The number of halogens is 1. The predicted octanol–water partition coefficient (Wildman–Crippen LogP) is 4.97. The number of nitrogens with zero attached hydrogens (tertiary/aromatic N) is 1. The van der Waals surface area contributed by atoms with E-state index in [9.17, 15) is 9.18 Å². The van der Waals surface area contributed by atoms with Crippen molar-refractivity contribution in [3.05, 3.63) is 77.9 Å². The van der Waals surface area contributed by atoms with E-state index in [1.54, 1.807) is 31.2 Å². The van der Waals surface area contributed by atoms with Gasteiger partial charge in [-0.1, -0.05) is 12.1 Å². The number of carbonyl (C=O) groups is 1. The molecule has 0 atom stereocenters. The molecule has 2 aromatic carbocycles. The number of aromatic nitrogens is 1. The fourth-order valence-corrected chi connectivity index (χ4v) is 2.51. The summed E-state index contributed by atoms with van der Waals surface area (Å²) in [6, 6.07) is 16.9. The van der Waals surface area contributed by atoms with Crippen LogP contribution in [0.5, 0.6) is 17.2 Å². The lowest BCUT2D eigenvalue weighted by molar-refractivity contribution is 0.102. The molecule has 0 radical (unpaired) electrons. The topological polar surface area (TPSA) is 60.5 Å². The molecule has 3 aromatic rings. The van der Waals surface area contributed by atoms with Crippen LogP contribution in [0, 0.1) is 12.9 Å². The molecule has 1 heterocycles. The number of benzene rings is 2. The standard InChI is InChI=1S/C21H19FN2O3/c1-3-26-18-6-4-5-7-19(18)27-16-10-8-15(9-11-16)24-21(25)17-12-13-20(22)23-14(17)2/h4-13H,3H2,1-2H3,(H,24,25). The minimum Gasteiger partial charge on any atom is -0.490 e. The van der Waals surface area contributed by atoms with Gasteiger partial charge in [-0.25, -0.2) is 4.98 Å². The zero-order chi connectivity index (χ0) is 19.2. The van der Waals surface area contributed by atoms with Crippen LogP contribution in [0.25, 0.3) is 0 Å². The summed E-state index contributed by atoms with van der Waals surface area (Å²) in [7, 11) is 0. The van der Waals surface area contributed by atoms with Gasteiger partial charge in [-0.05, 0) is 62.4 Å². The van der Waals surface area contributed by atoms with E-state index in [1.807, 2.05) is 31.2 Å². The minimum atomic E-state index is -0.613. The van der Waals surface area contributed by atoms with E-state index in [2.05, 4.69) is 10.3 Å². The number of rotatable bonds is 6. The average molecular weight is 366 g/mol. The zero-order valence-electron chi connectivity index (χ0n) is 15.0. The number of pyridine rings is 1. The molecule has 0 bridgehead atoms. The van der Waals surface area contributed by atoms with E-state index < -0.39 is 5.95 Å². The molecule has 1 amide bonds. The predicted molar refractivity (Wildman–Crippen MR) is 101 cm³/mol. The molecule has 1 N–H and O–H groups in total. The third kappa shape index (κ3) is 4.61. The summed E-state index contributed by atoms with van der Waals surface area (Å²) in [5, 5.41) is 2.76. The number of hydrogen-bond donors (Lipinski definition) is 1. The van der Waals surface area contributed by atoms with Crippen molar-refractivity contribution in [2.24, 2.45) is 0 Å². The van der Waals surface area contributed by atoms with Crippen LogP contribution in [-0.2, 0) is 0 Å². The first-order valence-corrected chi connectivity index (χ1v) is 8.51. The van der Waals surface area contributed by atoms with Gasteiger partial charge in [-0.15, -0.1) is 0 Å². The molecule has 0 aliphatic heterocycles. The number of aryl methyl sites for hydroxylation is 1. The number of hydrogen-bond acceptors (Lipinski definition) is 4. The second-order valence-corrected chi connectivity index (χ2v) is 5.73. The van der Waals surface area contributed by atoms with Gasteiger partial charge in [0.15, 0.2) is 11.5 Å². The van der Waals surface area contributed by atoms with Gasteiger partial charge in [-0.2, -0.15) is 4.39 Å². The molecule has 0 saturated carbocycles. The highest BCUT2D eigenvalue weighted by atomic mass is 19.1. The van der Waals surface area contributed by atoms with E-state index in [-0.39, 0.29) is 5.91 Å². The lowest BCUT2D eigenvalue weighted by Crippen LogP contribution is -2.14.